The highest BCUT2D eigenvalue weighted by Crippen LogP contribution is 2.48. The maximum atomic E-state index is 12.3. The highest BCUT2D eigenvalue weighted by atomic mass is 16.6. The number of fused-ring (bicyclic) bond motifs is 2. The molecule has 0 spiro atoms. The Labute approximate surface area is 158 Å². The van der Waals surface area contributed by atoms with Crippen LogP contribution in [0.25, 0.3) is 6.08 Å². The van der Waals surface area contributed by atoms with Crippen LogP contribution in [0.1, 0.15) is 30.4 Å². The normalized spacial score (nSPS) is 27.3. The molecule has 27 heavy (non-hydrogen) atoms. The molecule has 4 aliphatic rings. The molecule has 5 rings (SSSR count). The van der Waals surface area contributed by atoms with Crippen molar-refractivity contribution in [1.29, 1.82) is 0 Å². The van der Waals surface area contributed by atoms with Crippen LogP contribution in [0.5, 0.6) is 11.5 Å². The Morgan fingerprint density at radius 2 is 2.04 bits per heavy atom. The van der Waals surface area contributed by atoms with E-state index in [2.05, 4.69) is 11.1 Å². The average molecular weight is 363 g/mol. The Balaban J connectivity index is 1.46. The standard InChI is InChI=1S/C22H21NO4/c1-13-9-14(11-19-20(13)26-8-3-2-7-25-19)10-18-22(24)27-21(23-18)16-6-4-5-15-12-17(15)16/h4-6,9-11,15,17H,2-3,7-8,12H2,1H3/b18-10-. The number of nitrogens with zero attached hydrogens (tertiary/aromatic N) is 1. The van der Waals surface area contributed by atoms with Gasteiger partial charge in [-0.15, -0.1) is 0 Å². The van der Waals surface area contributed by atoms with Crippen molar-refractivity contribution in [2.24, 2.45) is 16.8 Å². The molecule has 1 saturated carbocycles. The Morgan fingerprint density at radius 1 is 1.19 bits per heavy atom. The maximum absolute atomic E-state index is 12.3. The van der Waals surface area contributed by atoms with Crippen molar-refractivity contribution < 1.29 is 19.0 Å². The van der Waals surface area contributed by atoms with Crippen LogP contribution in [-0.2, 0) is 9.53 Å². The fourth-order valence-electron chi connectivity index (χ4n) is 3.84. The number of hydrogen-bond donors (Lipinski definition) is 0. The van der Waals surface area contributed by atoms with Gasteiger partial charge in [0.1, 0.15) is 0 Å². The third-order valence-electron chi connectivity index (χ3n) is 5.35. The van der Waals surface area contributed by atoms with Gasteiger partial charge >= 0.3 is 5.97 Å². The van der Waals surface area contributed by atoms with Crippen LogP contribution in [0.4, 0.5) is 0 Å². The second kappa shape index (κ2) is 6.41. The number of carbonyl (C=O) groups is 1. The third kappa shape index (κ3) is 3.07. The molecule has 1 aromatic carbocycles. The van der Waals surface area contributed by atoms with Crippen LogP contribution < -0.4 is 9.47 Å². The van der Waals surface area contributed by atoms with Gasteiger partial charge in [0.05, 0.1) is 13.2 Å². The first kappa shape index (κ1) is 16.4. The van der Waals surface area contributed by atoms with Crippen molar-refractivity contribution in [3.8, 4) is 11.5 Å². The lowest BCUT2D eigenvalue weighted by Gasteiger charge is -2.18. The molecule has 1 aromatic rings. The van der Waals surface area contributed by atoms with Gasteiger partial charge in [-0.25, -0.2) is 9.79 Å². The monoisotopic (exact) mass is 363 g/mol. The average Bonchev–Trinajstić information content (AvgIpc) is 3.33. The summed E-state index contributed by atoms with van der Waals surface area (Å²) in [7, 11) is 0. The summed E-state index contributed by atoms with van der Waals surface area (Å²) in [4.78, 5) is 16.8. The Morgan fingerprint density at radius 3 is 2.93 bits per heavy atom. The zero-order chi connectivity index (χ0) is 18.4. The van der Waals surface area contributed by atoms with E-state index < -0.39 is 5.97 Å². The van der Waals surface area contributed by atoms with E-state index in [0.717, 1.165) is 47.5 Å². The number of ether oxygens (including phenoxy) is 3. The van der Waals surface area contributed by atoms with Gasteiger partial charge in [0.15, 0.2) is 17.2 Å². The van der Waals surface area contributed by atoms with Gasteiger partial charge in [0.2, 0.25) is 5.90 Å². The van der Waals surface area contributed by atoms with Crippen molar-refractivity contribution in [1.82, 2.24) is 0 Å². The number of esters is 1. The third-order valence-corrected chi connectivity index (χ3v) is 5.35. The zero-order valence-corrected chi connectivity index (χ0v) is 15.2. The van der Waals surface area contributed by atoms with Crippen LogP contribution in [0.2, 0.25) is 0 Å². The van der Waals surface area contributed by atoms with E-state index in [9.17, 15) is 4.79 Å². The lowest BCUT2D eigenvalue weighted by Crippen LogP contribution is -2.10. The zero-order valence-electron chi connectivity index (χ0n) is 15.2. The quantitative estimate of drug-likeness (QED) is 0.589. The second-order valence-electron chi connectivity index (χ2n) is 7.42. The van der Waals surface area contributed by atoms with Gasteiger partial charge in [-0.05, 0) is 67.4 Å². The van der Waals surface area contributed by atoms with Crippen molar-refractivity contribution >= 4 is 17.9 Å². The smallest absolute Gasteiger partial charge is 0.363 e. The number of cyclic esters (lactones) is 1. The molecule has 2 atom stereocenters. The van der Waals surface area contributed by atoms with Crippen LogP contribution in [-0.4, -0.2) is 25.1 Å². The van der Waals surface area contributed by atoms with Crippen molar-refractivity contribution in [2.75, 3.05) is 13.2 Å². The Hall–Kier alpha value is -2.82. The van der Waals surface area contributed by atoms with E-state index in [-0.39, 0.29) is 0 Å². The number of rotatable bonds is 2. The molecule has 2 aliphatic heterocycles. The van der Waals surface area contributed by atoms with Crippen molar-refractivity contribution in [3.05, 3.63) is 52.8 Å². The topological polar surface area (TPSA) is 57.1 Å². The minimum Gasteiger partial charge on any atom is -0.490 e. The summed E-state index contributed by atoms with van der Waals surface area (Å²) in [6.07, 6.45) is 11.1. The second-order valence-corrected chi connectivity index (χ2v) is 7.42. The maximum Gasteiger partial charge on any atom is 0.363 e. The molecule has 0 saturated heterocycles. The highest BCUT2D eigenvalue weighted by molar-refractivity contribution is 6.13. The summed E-state index contributed by atoms with van der Waals surface area (Å²) in [5, 5.41) is 0. The molecule has 0 N–H and O–H groups in total. The summed E-state index contributed by atoms with van der Waals surface area (Å²) in [6, 6.07) is 3.89. The van der Waals surface area contributed by atoms with Gasteiger partial charge in [0, 0.05) is 5.57 Å². The molecule has 0 amide bonds. The molecular formula is C22H21NO4. The molecule has 1 fully saturated rings. The lowest BCUT2D eigenvalue weighted by molar-refractivity contribution is -0.129. The number of benzene rings is 1. The molecule has 138 valence electrons. The molecule has 2 aliphatic carbocycles. The van der Waals surface area contributed by atoms with E-state index in [4.69, 9.17) is 14.2 Å². The predicted molar refractivity (Wildman–Crippen MR) is 102 cm³/mol. The summed E-state index contributed by atoms with van der Waals surface area (Å²) in [5.41, 5.74) is 3.20. The van der Waals surface area contributed by atoms with Crippen LogP contribution in [0.15, 0.2) is 46.6 Å². The van der Waals surface area contributed by atoms with Crippen LogP contribution in [0, 0.1) is 18.8 Å². The number of aliphatic imine (C=N–C) groups is 1. The SMILES string of the molecule is Cc1cc(/C=C2\N=C(C3=CC=CC4CC34)OC2=O)cc2c1OCCCCO2. The molecule has 2 unspecified atom stereocenters. The first-order valence-corrected chi connectivity index (χ1v) is 9.50. The van der Waals surface area contributed by atoms with Gasteiger partial charge in [-0.1, -0.05) is 18.2 Å². The van der Waals surface area contributed by atoms with Gasteiger partial charge < -0.3 is 14.2 Å². The number of carbonyl (C=O) groups excluding carboxylic acids is 1. The largest absolute Gasteiger partial charge is 0.490 e. The summed E-state index contributed by atoms with van der Waals surface area (Å²) >= 11 is 0. The molecule has 2 heterocycles. The first-order valence-electron chi connectivity index (χ1n) is 9.50. The minimum absolute atomic E-state index is 0.323. The molecule has 0 radical (unpaired) electrons. The highest BCUT2D eigenvalue weighted by Gasteiger charge is 2.43. The van der Waals surface area contributed by atoms with E-state index in [1.165, 1.54) is 0 Å². The van der Waals surface area contributed by atoms with Crippen molar-refractivity contribution in [3.63, 3.8) is 0 Å². The fraction of sp³-hybridized carbons (Fsp3) is 0.364. The molecular weight excluding hydrogens is 342 g/mol. The van der Waals surface area contributed by atoms with E-state index in [0.29, 0.717) is 36.6 Å². The lowest BCUT2D eigenvalue weighted by atomic mass is 10.1. The van der Waals surface area contributed by atoms with Gasteiger partial charge in [-0.2, -0.15) is 0 Å². The van der Waals surface area contributed by atoms with E-state index >= 15 is 0 Å². The molecule has 5 nitrogen and oxygen atoms in total. The van der Waals surface area contributed by atoms with E-state index in [1.807, 2.05) is 31.2 Å². The number of aryl methyl sites for hydroxylation is 1. The predicted octanol–water partition coefficient (Wildman–Crippen LogP) is 3.97. The summed E-state index contributed by atoms with van der Waals surface area (Å²) in [6.45, 7) is 3.35. The Bertz CT molecular complexity index is 938. The molecule has 0 aromatic heterocycles. The summed E-state index contributed by atoms with van der Waals surface area (Å²) < 4.78 is 17.1. The van der Waals surface area contributed by atoms with Crippen LogP contribution >= 0.6 is 0 Å². The van der Waals surface area contributed by atoms with Gasteiger partial charge in [0.25, 0.3) is 0 Å². The summed E-state index contributed by atoms with van der Waals surface area (Å²) in [5.74, 6) is 2.58. The van der Waals surface area contributed by atoms with Gasteiger partial charge in [-0.3, -0.25) is 0 Å². The first-order chi connectivity index (χ1) is 13.2. The van der Waals surface area contributed by atoms with Crippen LogP contribution in [0.3, 0.4) is 0 Å². The fourth-order valence-corrected chi connectivity index (χ4v) is 3.84. The number of hydrogen-bond acceptors (Lipinski definition) is 5. The minimum atomic E-state index is -0.404. The Kier molecular flexibility index (Phi) is 3.88. The molecule has 0 bridgehead atoms. The van der Waals surface area contributed by atoms with E-state index in [1.54, 1.807) is 6.08 Å². The van der Waals surface area contributed by atoms with Crippen molar-refractivity contribution in [2.45, 2.75) is 26.2 Å². The number of allylic oxidation sites excluding steroid dienone is 3. The molecule has 5 heteroatoms.